The van der Waals surface area contributed by atoms with E-state index in [9.17, 15) is 9.90 Å². The summed E-state index contributed by atoms with van der Waals surface area (Å²) in [7, 11) is 0. The minimum absolute atomic E-state index is 0.277. The Morgan fingerprint density at radius 1 is 1.25 bits per heavy atom. The Morgan fingerprint density at radius 3 is 2.67 bits per heavy atom. The molecule has 1 amide bonds. The molecule has 1 atom stereocenters. The zero-order valence-electron chi connectivity index (χ0n) is 13.8. The minimum Gasteiger partial charge on any atom is -0.383 e. The second-order valence-corrected chi connectivity index (χ2v) is 6.48. The van der Waals surface area contributed by atoms with E-state index >= 15 is 0 Å². The molecule has 1 aliphatic carbocycles. The van der Waals surface area contributed by atoms with Gasteiger partial charge in [0.1, 0.15) is 18.8 Å². The lowest BCUT2D eigenvalue weighted by molar-refractivity contribution is -0.130. The summed E-state index contributed by atoms with van der Waals surface area (Å²) in [6.45, 7) is 0.415. The molecule has 0 unspecified atom stereocenters. The van der Waals surface area contributed by atoms with Crippen LogP contribution in [0.1, 0.15) is 44.1 Å². The molecule has 0 spiro atoms. The molecule has 1 fully saturated rings. The van der Waals surface area contributed by atoms with Gasteiger partial charge in [-0.15, -0.1) is 0 Å². The SMILES string of the molecule is O=C(NCc1ccc(-n2cncn2)cc1)[C@@H](O)CC1CCCCC1. The molecule has 1 heterocycles. The van der Waals surface area contributed by atoms with Gasteiger partial charge in [-0.25, -0.2) is 9.67 Å². The standard InChI is InChI=1S/C18H24N4O2/c23-17(10-14-4-2-1-3-5-14)18(24)20-11-15-6-8-16(9-7-15)22-13-19-12-21-22/h6-9,12-14,17,23H,1-5,10-11H2,(H,20,24)/t17-/m0/s1. The van der Waals surface area contributed by atoms with Crippen LogP contribution in [-0.4, -0.2) is 31.9 Å². The van der Waals surface area contributed by atoms with Gasteiger partial charge in [-0.1, -0.05) is 44.2 Å². The van der Waals surface area contributed by atoms with Gasteiger partial charge in [-0.2, -0.15) is 5.10 Å². The largest absolute Gasteiger partial charge is 0.383 e. The normalized spacial score (nSPS) is 16.7. The summed E-state index contributed by atoms with van der Waals surface area (Å²) in [5, 5.41) is 17.0. The summed E-state index contributed by atoms with van der Waals surface area (Å²) in [6, 6.07) is 7.72. The van der Waals surface area contributed by atoms with E-state index in [-0.39, 0.29) is 5.91 Å². The van der Waals surface area contributed by atoms with Crippen LogP contribution < -0.4 is 5.32 Å². The first-order chi connectivity index (χ1) is 11.7. The molecule has 6 heteroatoms. The number of nitrogens with one attached hydrogen (secondary N) is 1. The highest BCUT2D eigenvalue weighted by Gasteiger charge is 2.22. The Bertz CT molecular complexity index is 634. The molecule has 3 rings (SSSR count). The average molecular weight is 328 g/mol. The van der Waals surface area contributed by atoms with Crippen molar-refractivity contribution in [2.45, 2.75) is 51.2 Å². The molecule has 6 nitrogen and oxygen atoms in total. The summed E-state index contributed by atoms with van der Waals surface area (Å²) < 4.78 is 1.68. The molecule has 0 bridgehead atoms. The van der Waals surface area contributed by atoms with Crippen LogP contribution >= 0.6 is 0 Å². The summed E-state index contributed by atoms with van der Waals surface area (Å²) in [4.78, 5) is 16.0. The lowest BCUT2D eigenvalue weighted by atomic mass is 9.85. The van der Waals surface area contributed by atoms with Crippen LogP contribution in [0.5, 0.6) is 0 Å². The van der Waals surface area contributed by atoms with Gasteiger partial charge in [0, 0.05) is 6.54 Å². The summed E-state index contributed by atoms with van der Waals surface area (Å²) in [6.07, 6.45) is 8.79. The zero-order valence-corrected chi connectivity index (χ0v) is 13.8. The zero-order chi connectivity index (χ0) is 16.8. The highest BCUT2D eigenvalue weighted by molar-refractivity contribution is 5.80. The Balaban J connectivity index is 1.46. The maximum absolute atomic E-state index is 12.1. The third-order valence-corrected chi connectivity index (χ3v) is 4.67. The predicted octanol–water partition coefficient (Wildman–Crippen LogP) is 2.21. The summed E-state index contributed by atoms with van der Waals surface area (Å²) in [5.74, 6) is 0.211. The van der Waals surface area contributed by atoms with Gasteiger partial charge in [0.15, 0.2) is 0 Å². The van der Waals surface area contributed by atoms with Crippen LogP contribution in [0, 0.1) is 5.92 Å². The van der Waals surface area contributed by atoms with E-state index in [0.717, 1.165) is 24.1 Å². The molecular formula is C18H24N4O2. The monoisotopic (exact) mass is 328 g/mol. The second-order valence-electron chi connectivity index (χ2n) is 6.48. The van der Waals surface area contributed by atoms with Crippen LogP contribution in [0.2, 0.25) is 0 Å². The van der Waals surface area contributed by atoms with Crippen LogP contribution in [0.15, 0.2) is 36.9 Å². The molecular weight excluding hydrogens is 304 g/mol. The highest BCUT2D eigenvalue weighted by atomic mass is 16.3. The molecule has 2 aromatic rings. The second kappa shape index (κ2) is 8.06. The Hall–Kier alpha value is -2.21. The summed E-state index contributed by atoms with van der Waals surface area (Å²) >= 11 is 0. The first-order valence-electron chi connectivity index (χ1n) is 8.62. The van der Waals surface area contributed by atoms with E-state index in [4.69, 9.17) is 0 Å². The number of aliphatic hydroxyl groups is 1. The fourth-order valence-electron chi connectivity index (χ4n) is 3.26. The fraction of sp³-hybridized carbons (Fsp3) is 0.500. The molecule has 24 heavy (non-hydrogen) atoms. The van der Waals surface area contributed by atoms with E-state index in [1.54, 1.807) is 11.0 Å². The number of benzene rings is 1. The number of rotatable bonds is 6. The molecule has 1 saturated carbocycles. The summed E-state index contributed by atoms with van der Waals surface area (Å²) in [5.41, 5.74) is 1.90. The van der Waals surface area contributed by atoms with E-state index in [1.807, 2.05) is 24.3 Å². The third kappa shape index (κ3) is 4.41. The van der Waals surface area contributed by atoms with Crippen molar-refractivity contribution in [2.75, 3.05) is 0 Å². The van der Waals surface area contributed by atoms with E-state index < -0.39 is 6.10 Å². The van der Waals surface area contributed by atoms with Crippen LogP contribution in [0.4, 0.5) is 0 Å². The van der Waals surface area contributed by atoms with Crippen molar-refractivity contribution in [2.24, 2.45) is 5.92 Å². The number of amides is 1. The molecule has 2 N–H and O–H groups in total. The minimum atomic E-state index is -0.900. The van der Waals surface area contributed by atoms with Gasteiger partial charge in [0.05, 0.1) is 5.69 Å². The molecule has 1 aromatic carbocycles. The maximum atomic E-state index is 12.1. The number of nitrogens with zero attached hydrogens (tertiary/aromatic N) is 3. The van der Waals surface area contributed by atoms with Gasteiger partial charge in [0.25, 0.3) is 0 Å². The quantitative estimate of drug-likeness (QED) is 0.852. The third-order valence-electron chi connectivity index (χ3n) is 4.67. The average Bonchev–Trinajstić information content (AvgIpc) is 3.15. The van der Waals surface area contributed by atoms with E-state index in [2.05, 4.69) is 15.4 Å². The van der Waals surface area contributed by atoms with Gasteiger partial charge >= 0.3 is 0 Å². The topological polar surface area (TPSA) is 80.0 Å². The smallest absolute Gasteiger partial charge is 0.249 e. The number of carbonyl (C=O) groups is 1. The van der Waals surface area contributed by atoms with Crippen LogP contribution in [0.25, 0.3) is 5.69 Å². The first kappa shape index (κ1) is 16.6. The van der Waals surface area contributed by atoms with Crippen molar-refractivity contribution < 1.29 is 9.90 Å². The predicted molar refractivity (Wildman–Crippen MR) is 90.4 cm³/mol. The van der Waals surface area contributed by atoms with Crippen molar-refractivity contribution in [3.63, 3.8) is 0 Å². The van der Waals surface area contributed by atoms with Crippen molar-refractivity contribution >= 4 is 5.91 Å². The van der Waals surface area contributed by atoms with Crippen molar-refractivity contribution in [3.8, 4) is 5.69 Å². The van der Waals surface area contributed by atoms with E-state index in [0.29, 0.717) is 18.9 Å². The Kier molecular flexibility index (Phi) is 5.59. The van der Waals surface area contributed by atoms with Crippen molar-refractivity contribution in [1.82, 2.24) is 20.1 Å². The molecule has 128 valence electrons. The lowest BCUT2D eigenvalue weighted by Crippen LogP contribution is -2.35. The first-order valence-corrected chi connectivity index (χ1v) is 8.62. The Morgan fingerprint density at radius 2 is 2.00 bits per heavy atom. The van der Waals surface area contributed by atoms with Crippen molar-refractivity contribution in [3.05, 3.63) is 42.5 Å². The van der Waals surface area contributed by atoms with E-state index in [1.165, 1.54) is 25.6 Å². The lowest BCUT2D eigenvalue weighted by Gasteiger charge is -2.23. The Labute approximate surface area is 141 Å². The van der Waals surface area contributed by atoms with Gasteiger partial charge in [-0.05, 0) is 30.0 Å². The van der Waals surface area contributed by atoms with Crippen molar-refractivity contribution in [1.29, 1.82) is 0 Å². The molecule has 1 aliphatic rings. The van der Waals surface area contributed by atoms with Gasteiger partial charge in [0.2, 0.25) is 5.91 Å². The van der Waals surface area contributed by atoms with Gasteiger partial charge in [-0.3, -0.25) is 4.79 Å². The molecule has 1 aromatic heterocycles. The molecule has 0 aliphatic heterocycles. The van der Waals surface area contributed by atoms with Crippen LogP contribution in [-0.2, 0) is 11.3 Å². The van der Waals surface area contributed by atoms with Gasteiger partial charge < -0.3 is 10.4 Å². The number of aliphatic hydroxyl groups excluding tert-OH is 1. The fourth-order valence-corrected chi connectivity index (χ4v) is 3.26. The number of aromatic nitrogens is 3. The highest BCUT2D eigenvalue weighted by Crippen LogP contribution is 2.27. The van der Waals surface area contributed by atoms with Crippen LogP contribution in [0.3, 0.4) is 0 Å². The number of hydrogen-bond donors (Lipinski definition) is 2. The maximum Gasteiger partial charge on any atom is 0.249 e. The number of carbonyl (C=O) groups excluding carboxylic acids is 1. The molecule has 0 radical (unpaired) electrons. The molecule has 0 saturated heterocycles. The number of hydrogen-bond acceptors (Lipinski definition) is 4.